The van der Waals surface area contributed by atoms with Gasteiger partial charge in [-0.25, -0.2) is 0 Å². The Morgan fingerprint density at radius 1 is 1.16 bits per heavy atom. The number of nitrogens with zero attached hydrogens (tertiary/aromatic N) is 1. The first-order valence-corrected chi connectivity index (χ1v) is 7.03. The smallest absolute Gasteiger partial charge is 0.0723 e. The molecule has 1 unspecified atom stereocenters. The second-order valence-electron chi connectivity index (χ2n) is 5.30. The standard InChI is InChI=1S/C17H19NO/c19-15-6-2-1-5-13(12-15)11-14-9-10-18-17-8-4-3-7-16(14)17/h3-4,7-10,12,15,19H,1-2,5-6,11H2. The van der Waals surface area contributed by atoms with Crippen molar-refractivity contribution in [2.45, 2.75) is 38.2 Å². The molecule has 1 aliphatic rings. The molecule has 1 aliphatic carbocycles. The molecule has 98 valence electrons. The number of hydrogen-bond acceptors (Lipinski definition) is 2. The maximum Gasteiger partial charge on any atom is 0.0723 e. The summed E-state index contributed by atoms with van der Waals surface area (Å²) in [5.41, 5.74) is 3.72. The van der Waals surface area contributed by atoms with Crippen LogP contribution in [0.3, 0.4) is 0 Å². The molecule has 2 aromatic rings. The van der Waals surface area contributed by atoms with Crippen LogP contribution in [0.1, 0.15) is 31.2 Å². The van der Waals surface area contributed by atoms with Gasteiger partial charge in [-0.15, -0.1) is 0 Å². The zero-order valence-electron chi connectivity index (χ0n) is 11.0. The number of aromatic nitrogens is 1. The van der Waals surface area contributed by atoms with Crippen molar-refractivity contribution in [3.05, 3.63) is 53.7 Å². The van der Waals surface area contributed by atoms with Crippen molar-refractivity contribution in [1.82, 2.24) is 4.98 Å². The van der Waals surface area contributed by atoms with E-state index in [-0.39, 0.29) is 6.10 Å². The van der Waals surface area contributed by atoms with Crippen LogP contribution < -0.4 is 0 Å². The first-order valence-electron chi connectivity index (χ1n) is 7.03. The summed E-state index contributed by atoms with van der Waals surface area (Å²) in [6, 6.07) is 10.4. The minimum absolute atomic E-state index is 0.259. The number of aliphatic hydroxyl groups is 1. The third kappa shape index (κ3) is 2.85. The van der Waals surface area contributed by atoms with Crippen LogP contribution in [0.5, 0.6) is 0 Å². The summed E-state index contributed by atoms with van der Waals surface area (Å²) in [5, 5.41) is 11.1. The first-order chi connectivity index (χ1) is 9.33. The number of allylic oxidation sites excluding steroid dienone is 1. The van der Waals surface area contributed by atoms with Crippen LogP contribution in [0, 0.1) is 0 Å². The molecule has 0 fully saturated rings. The van der Waals surface area contributed by atoms with Gasteiger partial charge in [0.15, 0.2) is 0 Å². The SMILES string of the molecule is OC1C=C(Cc2ccnc3ccccc23)CCCC1. The molecule has 0 saturated carbocycles. The quantitative estimate of drug-likeness (QED) is 0.829. The first kappa shape index (κ1) is 12.4. The Bertz CT molecular complexity index is 598. The topological polar surface area (TPSA) is 33.1 Å². The average Bonchev–Trinajstić information content (AvgIpc) is 2.63. The molecule has 1 heterocycles. The number of para-hydroxylation sites is 1. The summed E-state index contributed by atoms with van der Waals surface area (Å²) in [6.07, 6.45) is 8.93. The predicted octanol–water partition coefficient (Wildman–Crippen LogP) is 3.64. The summed E-state index contributed by atoms with van der Waals surface area (Å²) in [5.74, 6) is 0. The fraction of sp³-hybridized carbons (Fsp3) is 0.353. The van der Waals surface area contributed by atoms with E-state index >= 15 is 0 Å². The molecular weight excluding hydrogens is 234 g/mol. The van der Waals surface area contributed by atoms with Crippen LogP contribution in [0.15, 0.2) is 48.2 Å². The number of aliphatic hydroxyl groups excluding tert-OH is 1. The summed E-state index contributed by atoms with van der Waals surface area (Å²) in [4.78, 5) is 4.40. The highest BCUT2D eigenvalue weighted by Crippen LogP contribution is 2.24. The third-order valence-corrected chi connectivity index (χ3v) is 3.83. The van der Waals surface area contributed by atoms with E-state index in [1.54, 1.807) is 0 Å². The second-order valence-corrected chi connectivity index (χ2v) is 5.30. The fourth-order valence-electron chi connectivity index (χ4n) is 2.85. The lowest BCUT2D eigenvalue weighted by molar-refractivity contribution is 0.211. The summed E-state index contributed by atoms with van der Waals surface area (Å²) in [7, 11) is 0. The molecule has 1 aromatic heterocycles. The van der Waals surface area contributed by atoms with Gasteiger partial charge in [0, 0.05) is 11.6 Å². The van der Waals surface area contributed by atoms with E-state index in [1.807, 2.05) is 12.3 Å². The van der Waals surface area contributed by atoms with Gasteiger partial charge in [0.2, 0.25) is 0 Å². The lowest BCUT2D eigenvalue weighted by Gasteiger charge is -2.09. The Kier molecular flexibility index (Phi) is 3.60. The minimum atomic E-state index is -0.259. The monoisotopic (exact) mass is 253 g/mol. The van der Waals surface area contributed by atoms with E-state index in [1.165, 1.54) is 22.9 Å². The van der Waals surface area contributed by atoms with Crippen LogP contribution in [-0.4, -0.2) is 16.2 Å². The highest BCUT2D eigenvalue weighted by molar-refractivity contribution is 5.82. The predicted molar refractivity (Wildman–Crippen MR) is 78.0 cm³/mol. The van der Waals surface area contributed by atoms with Gasteiger partial charge in [-0.2, -0.15) is 0 Å². The molecule has 0 bridgehead atoms. The zero-order valence-corrected chi connectivity index (χ0v) is 11.0. The molecule has 0 aliphatic heterocycles. The Hall–Kier alpha value is -1.67. The van der Waals surface area contributed by atoms with E-state index in [0.717, 1.165) is 31.2 Å². The normalized spacial score (nSPS) is 20.1. The van der Waals surface area contributed by atoms with Crippen molar-refractivity contribution in [2.75, 3.05) is 0 Å². The van der Waals surface area contributed by atoms with Crippen LogP contribution >= 0.6 is 0 Å². The van der Waals surface area contributed by atoms with Crippen molar-refractivity contribution < 1.29 is 5.11 Å². The van der Waals surface area contributed by atoms with Crippen molar-refractivity contribution >= 4 is 10.9 Å². The molecule has 0 radical (unpaired) electrons. The molecule has 0 amide bonds. The van der Waals surface area contributed by atoms with Crippen LogP contribution in [0.2, 0.25) is 0 Å². The minimum Gasteiger partial charge on any atom is -0.389 e. The van der Waals surface area contributed by atoms with Crippen molar-refractivity contribution in [3.63, 3.8) is 0 Å². The van der Waals surface area contributed by atoms with Gasteiger partial charge in [-0.3, -0.25) is 4.98 Å². The number of pyridine rings is 1. The van der Waals surface area contributed by atoms with Crippen molar-refractivity contribution in [1.29, 1.82) is 0 Å². The Morgan fingerprint density at radius 2 is 2.05 bits per heavy atom. The Labute approximate surface area is 113 Å². The Morgan fingerprint density at radius 3 is 3.00 bits per heavy atom. The zero-order chi connectivity index (χ0) is 13.1. The van der Waals surface area contributed by atoms with Gasteiger partial charge in [0.25, 0.3) is 0 Å². The van der Waals surface area contributed by atoms with Gasteiger partial charge in [0.05, 0.1) is 11.6 Å². The highest BCUT2D eigenvalue weighted by Gasteiger charge is 2.11. The van der Waals surface area contributed by atoms with Crippen molar-refractivity contribution in [3.8, 4) is 0 Å². The second kappa shape index (κ2) is 5.54. The van der Waals surface area contributed by atoms with Crippen molar-refractivity contribution in [2.24, 2.45) is 0 Å². The van der Waals surface area contributed by atoms with Crippen LogP contribution in [0.25, 0.3) is 10.9 Å². The molecule has 19 heavy (non-hydrogen) atoms. The molecule has 2 nitrogen and oxygen atoms in total. The van der Waals surface area contributed by atoms with Crippen LogP contribution in [0.4, 0.5) is 0 Å². The molecule has 1 N–H and O–H groups in total. The van der Waals surface area contributed by atoms with Gasteiger partial charge in [0.1, 0.15) is 0 Å². The molecule has 1 aromatic carbocycles. The molecule has 0 saturated heterocycles. The summed E-state index contributed by atoms with van der Waals surface area (Å²) in [6.45, 7) is 0. The van der Waals surface area contributed by atoms with Gasteiger partial charge in [-0.1, -0.05) is 36.3 Å². The molecule has 1 atom stereocenters. The lowest BCUT2D eigenvalue weighted by atomic mass is 9.98. The van der Waals surface area contributed by atoms with E-state index in [4.69, 9.17) is 0 Å². The van der Waals surface area contributed by atoms with E-state index < -0.39 is 0 Å². The number of hydrogen-bond donors (Lipinski definition) is 1. The van der Waals surface area contributed by atoms with Gasteiger partial charge < -0.3 is 5.11 Å². The molecule has 0 spiro atoms. The molecular formula is C17H19NO. The third-order valence-electron chi connectivity index (χ3n) is 3.83. The number of rotatable bonds is 2. The Balaban J connectivity index is 1.92. The van der Waals surface area contributed by atoms with E-state index in [2.05, 4.69) is 35.3 Å². The number of benzene rings is 1. The van der Waals surface area contributed by atoms with Gasteiger partial charge >= 0.3 is 0 Å². The number of fused-ring (bicyclic) bond motifs is 1. The van der Waals surface area contributed by atoms with Gasteiger partial charge in [-0.05, 0) is 43.4 Å². The summed E-state index contributed by atoms with van der Waals surface area (Å²) >= 11 is 0. The largest absolute Gasteiger partial charge is 0.389 e. The maximum absolute atomic E-state index is 9.86. The van der Waals surface area contributed by atoms with E-state index in [0.29, 0.717) is 0 Å². The van der Waals surface area contributed by atoms with E-state index in [9.17, 15) is 5.11 Å². The van der Waals surface area contributed by atoms with Crippen LogP contribution in [-0.2, 0) is 6.42 Å². The maximum atomic E-state index is 9.86. The average molecular weight is 253 g/mol. The molecule has 2 heteroatoms. The highest BCUT2D eigenvalue weighted by atomic mass is 16.3. The lowest BCUT2D eigenvalue weighted by Crippen LogP contribution is -2.01. The molecule has 3 rings (SSSR count). The fourth-order valence-corrected chi connectivity index (χ4v) is 2.85. The summed E-state index contributed by atoms with van der Waals surface area (Å²) < 4.78 is 0.